The number of ketones is 2. The molecule has 0 spiro atoms. The number of fused-ring (bicyclic) bond motifs is 3. The summed E-state index contributed by atoms with van der Waals surface area (Å²) in [5.41, 5.74) is 1.14. The molecular formula is C24H13ClO3. The second-order valence-corrected chi connectivity index (χ2v) is 7.02. The average Bonchev–Trinajstić information content (AvgIpc) is 2.73. The lowest BCUT2D eigenvalue weighted by Crippen LogP contribution is -2.22. The molecule has 4 heteroatoms. The van der Waals surface area contributed by atoms with Gasteiger partial charge in [0, 0.05) is 11.1 Å². The molecule has 0 saturated heterocycles. The third-order valence-corrected chi connectivity index (χ3v) is 5.25. The molecule has 0 radical (unpaired) electrons. The summed E-state index contributed by atoms with van der Waals surface area (Å²) in [6.07, 6.45) is 0. The van der Waals surface area contributed by atoms with Gasteiger partial charge in [-0.2, -0.15) is 0 Å². The van der Waals surface area contributed by atoms with E-state index in [9.17, 15) is 9.59 Å². The Hall–Kier alpha value is -3.43. The normalized spacial score (nSPS) is 12.6. The van der Waals surface area contributed by atoms with Crippen LogP contribution in [0.15, 0.2) is 78.9 Å². The molecule has 28 heavy (non-hydrogen) atoms. The number of carbonyl (C=O) groups excluding carboxylic acids is 2. The fourth-order valence-corrected chi connectivity index (χ4v) is 3.84. The minimum absolute atomic E-state index is 0.198. The van der Waals surface area contributed by atoms with E-state index >= 15 is 0 Å². The van der Waals surface area contributed by atoms with E-state index in [1.165, 1.54) is 0 Å². The van der Waals surface area contributed by atoms with E-state index in [2.05, 4.69) is 0 Å². The molecule has 0 unspecified atom stereocenters. The Bertz CT molecular complexity index is 1290. The van der Waals surface area contributed by atoms with Crippen LogP contribution in [0.25, 0.3) is 10.8 Å². The van der Waals surface area contributed by atoms with Gasteiger partial charge >= 0.3 is 0 Å². The number of benzene rings is 4. The first-order valence-corrected chi connectivity index (χ1v) is 9.19. The summed E-state index contributed by atoms with van der Waals surface area (Å²) in [5.74, 6) is 0.382. The Labute approximate surface area is 166 Å². The van der Waals surface area contributed by atoms with E-state index in [0.717, 1.165) is 10.8 Å². The maximum Gasteiger partial charge on any atom is 0.198 e. The summed E-state index contributed by atoms with van der Waals surface area (Å²) in [6.45, 7) is 0. The van der Waals surface area contributed by atoms with Crippen molar-refractivity contribution < 1.29 is 14.3 Å². The highest BCUT2D eigenvalue weighted by atomic mass is 35.5. The minimum atomic E-state index is -0.265. The molecule has 0 atom stereocenters. The maximum absolute atomic E-state index is 13.1. The molecule has 0 amide bonds. The van der Waals surface area contributed by atoms with Gasteiger partial charge < -0.3 is 4.74 Å². The number of hydrogen-bond acceptors (Lipinski definition) is 3. The topological polar surface area (TPSA) is 43.4 Å². The van der Waals surface area contributed by atoms with Crippen LogP contribution in [0.3, 0.4) is 0 Å². The van der Waals surface area contributed by atoms with Crippen molar-refractivity contribution in [3.05, 3.63) is 106 Å². The molecule has 1 aliphatic rings. The molecule has 4 aromatic rings. The molecular weight excluding hydrogens is 372 g/mol. The lowest BCUT2D eigenvalue weighted by molar-refractivity contribution is 0.0977. The van der Waals surface area contributed by atoms with Crippen LogP contribution in [0, 0.1) is 0 Å². The third-order valence-electron chi connectivity index (χ3n) is 4.94. The summed E-state index contributed by atoms with van der Waals surface area (Å²) < 4.78 is 6.04. The molecule has 0 aliphatic heterocycles. The smallest absolute Gasteiger partial charge is 0.198 e. The maximum atomic E-state index is 13.1. The zero-order chi connectivity index (χ0) is 19.3. The van der Waals surface area contributed by atoms with Crippen LogP contribution in [-0.2, 0) is 0 Å². The SMILES string of the molecule is O=C1c2ccccc2C(=O)c2c(Oc3ccc4ccccc4c3)ccc(Cl)c21. The van der Waals surface area contributed by atoms with Gasteiger partial charge in [0.05, 0.1) is 16.1 Å². The van der Waals surface area contributed by atoms with E-state index in [-0.39, 0.29) is 27.7 Å². The fourth-order valence-electron chi connectivity index (χ4n) is 3.60. The van der Waals surface area contributed by atoms with Crippen LogP contribution in [-0.4, -0.2) is 11.6 Å². The molecule has 0 bridgehead atoms. The van der Waals surface area contributed by atoms with Gasteiger partial charge in [-0.1, -0.05) is 66.2 Å². The molecule has 0 heterocycles. The van der Waals surface area contributed by atoms with Crippen LogP contribution in [0.1, 0.15) is 31.8 Å². The van der Waals surface area contributed by atoms with E-state index in [1.807, 2.05) is 42.5 Å². The molecule has 1 aliphatic carbocycles. The second kappa shape index (κ2) is 6.32. The quantitative estimate of drug-likeness (QED) is 0.371. The van der Waals surface area contributed by atoms with Gasteiger partial charge in [-0.25, -0.2) is 0 Å². The van der Waals surface area contributed by atoms with E-state index in [1.54, 1.807) is 36.4 Å². The monoisotopic (exact) mass is 384 g/mol. The highest BCUT2D eigenvalue weighted by molar-refractivity contribution is 6.39. The van der Waals surface area contributed by atoms with E-state index in [0.29, 0.717) is 22.6 Å². The second-order valence-electron chi connectivity index (χ2n) is 6.61. The summed E-state index contributed by atoms with van der Waals surface area (Å²) in [5, 5.41) is 2.36. The fraction of sp³-hybridized carbons (Fsp3) is 0. The van der Waals surface area contributed by atoms with Crippen molar-refractivity contribution in [2.45, 2.75) is 0 Å². The van der Waals surface area contributed by atoms with Crippen LogP contribution in [0.5, 0.6) is 11.5 Å². The van der Waals surface area contributed by atoms with E-state index < -0.39 is 0 Å². The molecule has 5 rings (SSSR count). The minimum Gasteiger partial charge on any atom is -0.457 e. The molecule has 134 valence electrons. The van der Waals surface area contributed by atoms with E-state index in [4.69, 9.17) is 16.3 Å². The number of halogens is 1. The zero-order valence-electron chi connectivity index (χ0n) is 14.6. The van der Waals surface area contributed by atoms with Crippen molar-refractivity contribution >= 4 is 33.9 Å². The highest BCUT2D eigenvalue weighted by Crippen LogP contribution is 2.39. The van der Waals surface area contributed by atoms with Gasteiger partial charge in [-0.15, -0.1) is 0 Å². The Morgan fingerprint density at radius 3 is 2.04 bits per heavy atom. The van der Waals surface area contributed by atoms with Crippen molar-refractivity contribution in [2.24, 2.45) is 0 Å². The standard InChI is InChI=1S/C24H13ClO3/c25-19-11-12-20(28-16-10-9-14-5-1-2-6-15(14)13-16)22-21(19)23(26)17-7-3-4-8-18(17)24(22)27/h1-13H. The molecule has 3 nitrogen and oxygen atoms in total. The lowest BCUT2D eigenvalue weighted by atomic mass is 9.83. The van der Waals surface area contributed by atoms with Gasteiger partial charge in [0.2, 0.25) is 0 Å². The first-order valence-electron chi connectivity index (χ1n) is 8.81. The molecule has 0 N–H and O–H groups in total. The van der Waals surface area contributed by atoms with Crippen LogP contribution >= 0.6 is 11.6 Å². The van der Waals surface area contributed by atoms with Crippen molar-refractivity contribution in [1.29, 1.82) is 0 Å². The Balaban J connectivity index is 1.65. The van der Waals surface area contributed by atoms with Crippen molar-refractivity contribution in [1.82, 2.24) is 0 Å². The number of ether oxygens (including phenoxy) is 1. The molecule has 4 aromatic carbocycles. The predicted octanol–water partition coefficient (Wildman–Crippen LogP) is 6.06. The third kappa shape index (κ3) is 2.52. The summed E-state index contributed by atoms with van der Waals surface area (Å²) in [4.78, 5) is 26.1. The number of hydrogen-bond donors (Lipinski definition) is 0. The summed E-state index contributed by atoms with van der Waals surface area (Å²) >= 11 is 6.29. The van der Waals surface area contributed by atoms with Gasteiger partial charge in [0.25, 0.3) is 0 Å². The molecule has 0 aromatic heterocycles. The van der Waals surface area contributed by atoms with Gasteiger partial charge in [-0.05, 0) is 35.0 Å². The molecule has 0 saturated carbocycles. The van der Waals surface area contributed by atoms with Crippen LogP contribution < -0.4 is 4.74 Å². The zero-order valence-corrected chi connectivity index (χ0v) is 15.4. The Morgan fingerprint density at radius 1 is 0.643 bits per heavy atom. The van der Waals surface area contributed by atoms with Crippen LogP contribution in [0.4, 0.5) is 0 Å². The predicted molar refractivity (Wildman–Crippen MR) is 109 cm³/mol. The first kappa shape index (κ1) is 16.7. The Kier molecular flexibility index (Phi) is 3.78. The summed E-state index contributed by atoms with van der Waals surface area (Å²) in [6, 6.07) is 23.6. The Morgan fingerprint density at radius 2 is 1.29 bits per heavy atom. The van der Waals surface area contributed by atoms with Crippen molar-refractivity contribution in [2.75, 3.05) is 0 Å². The number of rotatable bonds is 2. The van der Waals surface area contributed by atoms with Crippen LogP contribution in [0.2, 0.25) is 5.02 Å². The summed E-state index contributed by atoms with van der Waals surface area (Å²) in [7, 11) is 0. The van der Waals surface area contributed by atoms with Gasteiger partial charge in [0.1, 0.15) is 11.5 Å². The van der Waals surface area contributed by atoms with Crippen molar-refractivity contribution in [3.63, 3.8) is 0 Å². The number of carbonyl (C=O) groups is 2. The first-order chi connectivity index (χ1) is 13.6. The molecule has 0 fully saturated rings. The van der Waals surface area contributed by atoms with Gasteiger partial charge in [0.15, 0.2) is 11.6 Å². The van der Waals surface area contributed by atoms with Crippen molar-refractivity contribution in [3.8, 4) is 11.5 Å². The largest absolute Gasteiger partial charge is 0.457 e. The lowest BCUT2D eigenvalue weighted by Gasteiger charge is -2.21. The van der Waals surface area contributed by atoms with Gasteiger partial charge in [-0.3, -0.25) is 9.59 Å². The average molecular weight is 385 g/mol. The highest BCUT2D eigenvalue weighted by Gasteiger charge is 2.34.